The van der Waals surface area contributed by atoms with E-state index in [0.717, 1.165) is 11.1 Å². The second kappa shape index (κ2) is 6.71. The Morgan fingerprint density at radius 2 is 2.07 bits per heavy atom. The van der Waals surface area contributed by atoms with Gasteiger partial charge < -0.3 is 10.6 Å². The van der Waals surface area contributed by atoms with Gasteiger partial charge in [-0.15, -0.1) is 0 Å². The molecule has 4 rings (SSSR count). The Balaban J connectivity index is 1.70. The molecular formula is C18H21N5O4S. The summed E-state index contributed by atoms with van der Waals surface area (Å²) in [5.74, 6) is -1.01. The Labute approximate surface area is 162 Å². The molecule has 0 fully saturated rings. The van der Waals surface area contributed by atoms with Crippen molar-refractivity contribution in [2.45, 2.75) is 30.2 Å². The second-order valence-electron chi connectivity index (χ2n) is 7.04. The lowest BCUT2D eigenvalue weighted by Gasteiger charge is -2.30. The maximum Gasteiger partial charge on any atom is 0.243 e. The maximum absolute atomic E-state index is 13.3. The fourth-order valence-electron chi connectivity index (χ4n) is 3.75. The molecule has 0 spiro atoms. The van der Waals surface area contributed by atoms with Gasteiger partial charge >= 0.3 is 0 Å². The average molecular weight is 403 g/mol. The number of fused-ring (bicyclic) bond motifs is 2. The quantitative estimate of drug-likeness (QED) is 0.767. The molecule has 148 valence electrons. The molecule has 0 aliphatic carbocycles. The molecule has 1 aromatic carbocycles. The zero-order valence-corrected chi connectivity index (χ0v) is 16.4. The molecule has 1 atom stereocenters. The van der Waals surface area contributed by atoms with Crippen molar-refractivity contribution in [1.82, 2.24) is 19.4 Å². The zero-order chi connectivity index (χ0) is 20.1. The Bertz CT molecular complexity index is 1080. The predicted molar refractivity (Wildman–Crippen MR) is 101 cm³/mol. The average Bonchev–Trinajstić information content (AvgIpc) is 3.06. The number of hydrogen-bond acceptors (Lipinski definition) is 5. The lowest BCUT2D eigenvalue weighted by atomic mass is 9.97. The topological polar surface area (TPSA) is 113 Å². The fraction of sp³-hybridized carbons (Fsp3) is 0.389. The first-order valence-electron chi connectivity index (χ1n) is 8.96. The molecule has 0 saturated carbocycles. The number of benzene rings is 1. The van der Waals surface area contributed by atoms with E-state index in [0.29, 0.717) is 24.2 Å². The highest BCUT2D eigenvalue weighted by Crippen LogP contribution is 2.33. The summed E-state index contributed by atoms with van der Waals surface area (Å²) in [7, 11) is -0.544. The molecule has 2 amide bonds. The molecule has 10 heteroatoms. The van der Waals surface area contributed by atoms with E-state index in [1.54, 1.807) is 30.1 Å². The lowest BCUT2D eigenvalue weighted by Crippen LogP contribution is -2.43. The monoisotopic (exact) mass is 403 g/mol. The molecule has 2 aliphatic heterocycles. The summed E-state index contributed by atoms with van der Waals surface area (Å²) < 4.78 is 29.5. The van der Waals surface area contributed by atoms with E-state index >= 15 is 0 Å². The van der Waals surface area contributed by atoms with E-state index < -0.39 is 15.9 Å². The van der Waals surface area contributed by atoms with Gasteiger partial charge in [0.25, 0.3) is 0 Å². The largest absolute Gasteiger partial charge is 0.359 e. The van der Waals surface area contributed by atoms with Gasteiger partial charge in [-0.3, -0.25) is 14.3 Å². The van der Waals surface area contributed by atoms with Crippen LogP contribution in [0.5, 0.6) is 0 Å². The lowest BCUT2D eigenvalue weighted by molar-refractivity contribution is -0.122. The van der Waals surface area contributed by atoms with Crippen LogP contribution in [0.2, 0.25) is 0 Å². The molecule has 0 radical (unpaired) electrons. The number of anilines is 1. The third kappa shape index (κ3) is 3.08. The summed E-state index contributed by atoms with van der Waals surface area (Å²) in [6, 6.07) is 4.72. The van der Waals surface area contributed by atoms with Gasteiger partial charge in [0.05, 0.1) is 16.5 Å². The smallest absolute Gasteiger partial charge is 0.243 e. The second-order valence-corrected chi connectivity index (χ2v) is 8.98. The number of hydrogen-bond donors (Lipinski definition) is 2. The Morgan fingerprint density at radius 3 is 2.82 bits per heavy atom. The highest BCUT2D eigenvalue weighted by Gasteiger charge is 2.38. The molecule has 1 unspecified atom stereocenters. The van der Waals surface area contributed by atoms with Crippen molar-refractivity contribution in [2.24, 2.45) is 7.05 Å². The minimum absolute atomic E-state index is 0.0276. The van der Waals surface area contributed by atoms with Crippen molar-refractivity contribution in [3.05, 3.63) is 41.2 Å². The van der Waals surface area contributed by atoms with Crippen molar-refractivity contribution in [2.75, 3.05) is 18.9 Å². The first-order chi connectivity index (χ1) is 13.3. The van der Waals surface area contributed by atoms with Crippen LogP contribution in [-0.4, -0.2) is 47.9 Å². The Hall–Kier alpha value is -2.72. The van der Waals surface area contributed by atoms with Crippen LogP contribution in [-0.2, 0) is 39.6 Å². The minimum atomic E-state index is -3.81. The maximum atomic E-state index is 13.3. The normalized spacial score (nSPS) is 19.5. The number of carbonyl (C=O) groups is 2. The van der Waals surface area contributed by atoms with Gasteiger partial charge in [-0.2, -0.15) is 9.40 Å². The summed E-state index contributed by atoms with van der Waals surface area (Å²) >= 11 is 0. The van der Waals surface area contributed by atoms with Gasteiger partial charge in [0.2, 0.25) is 21.8 Å². The van der Waals surface area contributed by atoms with E-state index in [1.807, 2.05) is 0 Å². The van der Waals surface area contributed by atoms with Crippen LogP contribution < -0.4 is 10.6 Å². The van der Waals surface area contributed by atoms with Crippen molar-refractivity contribution in [1.29, 1.82) is 0 Å². The van der Waals surface area contributed by atoms with Crippen molar-refractivity contribution in [3.8, 4) is 0 Å². The van der Waals surface area contributed by atoms with Crippen molar-refractivity contribution >= 4 is 27.5 Å². The van der Waals surface area contributed by atoms with E-state index in [2.05, 4.69) is 15.7 Å². The highest BCUT2D eigenvalue weighted by molar-refractivity contribution is 7.89. The number of carbonyl (C=O) groups excluding carboxylic acids is 2. The van der Waals surface area contributed by atoms with Crippen LogP contribution >= 0.6 is 0 Å². The van der Waals surface area contributed by atoms with Gasteiger partial charge in [0.15, 0.2) is 0 Å². The Morgan fingerprint density at radius 1 is 1.29 bits per heavy atom. The molecule has 2 N–H and O–H groups in total. The van der Waals surface area contributed by atoms with Crippen LogP contribution in [0.4, 0.5) is 5.69 Å². The number of nitrogens with one attached hydrogen (secondary N) is 2. The molecule has 2 aliphatic rings. The van der Waals surface area contributed by atoms with Crippen LogP contribution in [0.15, 0.2) is 29.3 Å². The molecule has 2 aromatic rings. The SMILES string of the molecule is CNC(=O)C1CN(S(=O)(=O)c2ccc3c(c2)CCC(=O)N3)Cc2cn(C)nc21. The fourth-order valence-corrected chi connectivity index (χ4v) is 5.23. The van der Waals surface area contributed by atoms with Gasteiger partial charge in [0.1, 0.15) is 0 Å². The van der Waals surface area contributed by atoms with E-state index in [9.17, 15) is 18.0 Å². The molecule has 0 bridgehead atoms. The highest BCUT2D eigenvalue weighted by atomic mass is 32.2. The first-order valence-corrected chi connectivity index (χ1v) is 10.4. The zero-order valence-electron chi connectivity index (χ0n) is 15.6. The molecule has 1 aromatic heterocycles. The number of amides is 2. The van der Waals surface area contributed by atoms with Crippen LogP contribution in [0.25, 0.3) is 0 Å². The summed E-state index contributed by atoms with van der Waals surface area (Å²) in [4.78, 5) is 24.0. The van der Waals surface area contributed by atoms with Crippen molar-refractivity contribution < 1.29 is 18.0 Å². The molecular weight excluding hydrogens is 382 g/mol. The number of nitrogens with zero attached hydrogens (tertiary/aromatic N) is 3. The van der Waals surface area contributed by atoms with Gasteiger partial charge in [-0.05, 0) is 30.2 Å². The van der Waals surface area contributed by atoms with Crippen LogP contribution in [0.1, 0.15) is 29.2 Å². The standard InChI is InChI=1S/C18H21N5O4S/c1-19-18(25)14-10-23(9-12-8-22(2)21-17(12)14)28(26,27)13-4-5-15-11(7-13)3-6-16(24)20-15/h4-5,7-8,14H,3,6,9-10H2,1-2H3,(H,19,25)(H,20,24). The van der Waals surface area contributed by atoms with Crippen LogP contribution in [0, 0.1) is 0 Å². The third-order valence-electron chi connectivity index (χ3n) is 5.17. The molecule has 3 heterocycles. The number of sulfonamides is 1. The number of rotatable bonds is 3. The summed E-state index contributed by atoms with van der Waals surface area (Å²) in [6.45, 7) is 0.187. The van der Waals surface area contributed by atoms with Crippen molar-refractivity contribution in [3.63, 3.8) is 0 Å². The number of aromatic nitrogens is 2. The van der Waals surface area contributed by atoms with Gasteiger partial charge in [-0.25, -0.2) is 8.42 Å². The van der Waals surface area contributed by atoms with E-state index in [4.69, 9.17) is 0 Å². The Kier molecular flexibility index (Phi) is 4.47. The number of likely N-dealkylation sites (N-methyl/N-ethyl adjacent to an activating group) is 1. The van der Waals surface area contributed by atoms with Gasteiger partial charge in [-0.1, -0.05) is 0 Å². The first kappa shape index (κ1) is 18.6. The summed E-state index contributed by atoms with van der Waals surface area (Å²) in [5, 5.41) is 9.69. The van der Waals surface area contributed by atoms with Crippen LogP contribution in [0.3, 0.4) is 0 Å². The molecule has 0 saturated heterocycles. The van der Waals surface area contributed by atoms with E-state index in [1.165, 1.54) is 17.4 Å². The summed E-state index contributed by atoms with van der Waals surface area (Å²) in [5.41, 5.74) is 2.77. The molecule has 9 nitrogen and oxygen atoms in total. The summed E-state index contributed by atoms with van der Waals surface area (Å²) in [6.07, 6.45) is 2.57. The third-order valence-corrected chi connectivity index (χ3v) is 6.98. The van der Waals surface area contributed by atoms with Gasteiger partial charge in [0, 0.05) is 51.1 Å². The van der Waals surface area contributed by atoms with E-state index in [-0.39, 0.29) is 29.8 Å². The minimum Gasteiger partial charge on any atom is -0.359 e. The molecule has 28 heavy (non-hydrogen) atoms. The predicted octanol–water partition coefficient (Wildman–Crippen LogP) is 0.339. The number of aryl methyl sites for hydroxylation is 2.